The Hall–Kier alpha value is -2.79. The van der Waals surface area contributed by atoms with E-state index >= 15 is 0 Å². The van der Waals surface area contributed by atoms with Gasteiger partial charge in [0.25, 0.3) is 0 Å². The Labute approximate surface area is 147 Å². The van der Waals surface area contributed by atoms with Crippen LogP contribution in [0.25, 0.3) is 11.2 Å². The molecular formula is C16H18N6O4. The van der Waals surface area contributed by atoms with Crippen molar-refractivity contribution in [3.05, 3.63) is 36.7 Å². The predicted octanol–water partition coefficient (Wildman–Crippen LogP) is -0.236. The number of aliphatic hydroxyl groups excluding tert-OH is 3. The summed E-state index contributed by atoms with van der Waals surface area (Å²) in [5.41, 5.74) is 7.45. The van der Waals surface area contributed by atoms with Crippen molar-refractivity contribution >= 4 is 28.6 Å². The number of nitrogen functional groups attached to an aromatic ring is 1. The molecule has 26 heavy (non-hydrogen) atoms. The zero-order chi connectivity index (χ0) is 18.3. The topological polar surface area (TPSA) is 152 Å². The van der Waals surface area contributed by atoms with Gasteiger partial charge in [-0.1, -0.05) is 18.2 Å². The van der Waals surface area contributed by atoms with E-state index in [1.54, 1.807) is 0 Å². The van der Waals surface area contributed by atoms with Gasteiger partial charge in [0, 0.05) is 5.69 Å². The fourth-order valence-electron chi connectivity index (χ4n) is 2.94. The van der Waals surface area contributed by atoms with Crippen molar-refractivity contribution < 1.29 is 20.1 Å². The molecule has 1 saturated heterocycles. The fourth-order valence-corrected chi connectivity index (χ4v) is 2.94. The van der Waals surface area contributed by atoms with Crippen LogP contribution >= 0.6 is 0 Å². The zero-order valence-electron chi connectivity index (χ0n) is 13.6. The average molecular weight is 358 g/mol. The van der Waals surface area contributed by atoms with E-state index < -0.39 is 31.1 Å². The summed E-state index contributed by atoms with van der Waals surface area (Å²) in [7, 11) is 0. The zero-order valence-corrected chi connectivity index (χ0v) is 13.6. The van der Waals surface area contributed by atoms with Crippen molar-refractivity contribution in [2.75, 3.05) is 17.7 Å². The Morgan fingerprint density at radius 1 is 1.15 bits per heavy atom. The van der Waals surface area contributed by atoms with Gasteiger partial charge in [0.2, 0.25) is 5.95 Å². The highest BCUT2D eigenvalue weighted by molar-refractivity contribution is 5.83. The molecule has 10 nitrogen and oxygen atoms in total. The average Bonchev–Trinajstić information content (AvgIpc) is 3.18. The van der Waals surface area contributed by atoms with Crippen molar-refractivity contribution in [2.45, 2.75) is 24.5 Å². The van der Waals surface area contributed by atoms with Gasteiger partial charge in [0.05, 0.1) is 12.9 Å². The first-order valence-electron chi connectivity index (χ1n) is 8.03. The molecule has 3 aromatic rings. The number of hydrogen-bond donors (Lipinski definition) is 5. The Morgan fingerprint density at radius 3 is 2.62 bits per heavy atom. The molecule has 1 unspecified atom stereocenters. The number of aliphatic hydroxyl groups is 3. The summed E-state index contributed by atoms with van der Waals surface area (Å²) >= 11 is 0. The summed E-state index contributed by atoms with van der Waals surface area (Å²) in [6, 6.07) is 9.34. The minimum Gasteiger partial charge on any atom is -0.394 e. The second kappa shape index (κ2) is 6.50. The fraction of sp³-hybridized carbons (Fsp3) is 0.312. The standard InChI is InChI=1S/C16H18N6O4/c17-13-10-14(21-16(20-13)19-8-4-2-1-3-5-8)22(7-18-10)15-12(25)11(24)9(6-23)26-15/h1-5,7,9,11-12,15,23-25H,6H2,(H3,17,19,20,21)/t9-,11-,12-,15?/m1/s1. The van der Waals surface area contributed by atoms with Gasteiger partial charge >= 0.3 is 0 Å². The summed E-state index contributed by atoms with van der Waals surface area (Å²) in [6.45, 7) is -0.417. The van der Waals surface area contributed by atoms with Crippen molar-refractivity contribution in [2.24, 2.45) is 0 Å². The lowest BCUT2D eigenvalue weighted by molar-refractivity contribution is -0.0511. The highest BCUT2D eigenvalue weighted by Gasteiger charge is 2.44. The van der Waals surface area contributed by atoms with Crippen LogP contribution in [0.4, 0.5) is 17.5 Å². The Balaban J connectivity index is 1.73. The van der Waals surface area contributed by atoms with Crippen molar-refractivity contribution in [1.82, 2.24) is 19.5 Å². The number of para-hydroxylation sites is 1. The highest BCUT2D eigenvalue weighted by Crippen LogP contribution is 2.32. The van der Waals surface area contributed by atoms with Gasteiger partial charge in [-0.25, -0.2) is 4.98 Å². The molecule has 10 heteroatoms. The van der Waals surface area contributed by atoms with E-state index in [9.17, 15) is 15.3 Å². The number of ether oxygens (including phenoxy) is 1. The van der Waals surface area contributed by atoms with Gasteiger partial charge in [0.1, 0.15) is 23.8 Å². The van der Waals surface area contributed by atoms with Crippen molar-refractivity contribution in [1.29, 1.82) is 0 Å². The number of nitrogens with one attached hydrogen (secondary N) is 1. The molecule has 3 heterocycles. The van der Waals surface area contributed by atoms with Gasteiger partial charge in [-0.05, 0) is 12.1 Å². The van der Waals surface area contributed by atoms with E-state index in [2.05, 4.69) is 20.3 Å². The largest absolute Gasteiger partial charge is 0.394 e. The number of imidazole rings is 1. The van der Waals surface area contributed by atoms with Crippen LogP contribution in [-0.4, -0.2) is 59.8 Å². The van der Waals surface area contributed by atoms with Crippen LogP contribution in [0.1, 0.15) is 6.23 Å². The highest BCUT2D eigenvalue weighted by atomic mass is 16.6. The molecular weight excluding hydrogens is 340 g/mol. The number of anilines is 3. The molecule has 0 aliphatic carbocycles. The smallest absolute Gasteiger partial charge is 0.231 e. The predicted molar refractivity (Wildman–Crippen MR) is 92.5 cm³/mol. The van der Waals surface area contributed by atoms with Crippen LogP contribution < -0.4 is 11.1 Å². The molecule has 0 bridgehead atoms. The van der Waals surface area contributed by atoms with Crippen LogP contribution in [0.15, 0.2) is 36.7 Å². The second-order valence-corrected chi connectivity index (χ2v) is 5.98. The summed E-state index contributed by atoms with van der Waals surface area (Å²) < 4.78 is 7.00. The molecule has 1 fully saturated rings. The molecule has 2 aromatic heterocycles. The first-order chi connectivity index (χ1) is 12.6. The third kappa shape index (κ3) is 2.74. The van der Waals surface area contributed by atoms with Gasteiger partial charge in [-0.15, -0.1) is 0 Å². The quantitative estimate of drug-likeness (QED) is 0.425. The van der Waals surface area contributed by atoms with E-state index in [-0.39, 0.29) is 11.8 Å². The molecule has 1 aliphatic rings. The van der Waals surface area contributed by atoms with Gasteiger partial charge in [-0.2, -0.15) is 9.97 Å². The van der Waals surface area contributed by atoms with Crippen LogP contribution in [0, 0.1) is 0 Å². The van der Waals surface area contributed by atoms with E-state index in [1.807, 2.05) is 30.3 Å². The van der Waals surface area contributed by atoms with Gasteiger partial charge in [-0.3, -0.25) is 4.57 Å². The number of nitrogens with zero attached hydrogens (tertiary/aromatic N) is 4. The Kier molecular flexibility index (Phi) is 4.17. The minimum absolute atomic E-state index is 0.166. The molecule has 0 radical (unpaired) electrons. The Morgan fingerprint density at radius 2 is 1.92 bits per heavy atom. The summed E-state index contributed by atoms with van der Waals surface area (Å²) in [5, 5.41) is 32.5. The van der Waals surface area contributed by atoms with E-state index in [1.165, 1.54) is 10.9 Å². The number of hydrogen-bond acceptors (Lipinski definition) is 9. The first kappa shape index (κ1) is 16.7. The van der Waals surface area contributed by atoms with Crippen molar-refractivity contribution in [3.8, 4) is 0 Å². The molecule has 4 rings (SSSR count). The molecule has 0 amide bonds. The van der Waals surface area contributed by atoms with E-state index in [4.69, 9.17) is 10.5 Å². The molecule has 0 saturated carbocycles. The summed E-state index contributed by atoms with van der Waals surface area (Å²) in [6.07, 6.45) is -2.91. The molecule has 1 aromatic carbocycles. The first-order valence-corrected chi connectivity index (χ1v) is 8.03. The van der Waals surface area contributed by atoms with Crippen LogP contribution in [0.3, 0.4) is 0 Å². The number of aromatic nitrogens is 4. The van der Waals surface area contributed by atoms with E-state index in [0.29, 0.717) is 11.2 Å². The third-order valence-corrected chi connectivity index (χ3v) is 4.27. The lowest BCUT2D eigenvalue weighted by Gasteiger charge is -2.16. The van der Waals surface area contributed by atoms with Crippen LogP contribution in [0.5, 0.6) is 0 Å². The number of rotatable bonds is 4. The SMILES string of the molecule is Nc1nc(Nc2ccccc2)nc2c1ncn2C1O[C@H](CO)[C@@H](O)[C@H]1O. The van der Waals surface area contributed by atoms with Gasteiger partial charge in [0.15, 0.2) is 17.7 Å². The van der Waals surface area contributed by atoms with Crippen molar-refractivity contribution in [3.63, 3.8) is 0 Å². The molecule has 4 atom stereocenters. The van der Waals surface area contributed by atoms with E-state index in [0.717, 1.165) is 5.69 Å². The monoisotopic (exact) mass is 358 g/mol. The molecule has 1 aliphatic heterocycles. The van der Waals surface area contributed by atoms with Crippen LogP contribution in [0.2, 0.25) is 0 Å². The van der Waals surface area contributed by atoms with Crippen LogP contribution in [-0.2, 0) is 4.74 Å². The lowest BCUT2D eigenvalue weighted by Crippen LogP contribution is -2.33. The maximum Gasteiger partial charge on any atom is 0.231 e. The normalized spacial score (nSPS) is 25.7. The molecule has 136 valence electrons. The number of fused-ring (bicyclic) bond motifs is 1. The number of nitrogens with two attached hydrogens (primary N) is 1. The minimum atomic E-state index is -1.24. The second-order valence-electron chi connectivity index (χ2n) is 5.98. The third-order valence-electron chi connectivity index (χ3n) is 4.27. The maximum atomic E-state index is 10.2. The Bertz CT molecular complexity index is 918. The summed E-state index contributed by atoms with van der Waals surface area (Å²) in [4.78, 5) is 12.8. The molecule has 0 spiro atoms. The molecule has 6 N–H and O–H groups in total. The number of benzene rings is 1. The van der Waals surface area contributed by atoms with Gasteiger partial charge < -0.3 is 31.1 Å². The summed E-state index contributed by atoms with van der Waals surface area (Å²) in [5.74, 6) is 0.425. The lowest BCUT2D eigenvalue weighted by atomic mass is 10.1. The maximum absolute atomic E-state index is 10.2.